The van der Waals surface area contributed by atoms with Crippen LogP contribution in [0.3, 0.4) is 0 Å². The Balaban J connectivity index is 2.79. The van der Waals surface area contributed by atoms with Crippen LogP contribution < -0.4 is 0 Å². The molecule has 1 rings (SSSR count). The second-order valence-electron chi connectivity index (χ2n) is 3.06. The van der Waals surface area contributed by atoms with E-state index in [1.54, 1.807) is 13.0 Å². The second-order valence-corrected chi connectivity index (χ2v) is 3.06. The largest absolute Gasteiger partial charge is 0.461 e. The highest BCUT2D eigenvalue weighted by Crippen LogP contribution is 1.99. The van der Waals surface area contributed by atoms with Crippen LogP contribution in [0.25, 0.3) is 0 Å². The van der Waals surface area contributed by atoms with Crippen LogP contribution in [0.5, 0.6) is 0 Å². The number of rotatable bonds is 3. The Hall–Kier alpha value is -1.89. The zero-order valence-electron chi connectivity index (χ0n) is 9.49. The summed E-state index contributed by atoms with van der Waals surface area (Å²) in [5, 5.41) is 0. The van der Waals surface area contributed by atoms with Crippen LogP contribution in [0.15, 0.2) is 12.4 Å². The number of hydrogen-bond acceptors (Lipinski definition) is 4. The van der Waals surface area contributed by atoms with Crippen molar-refractivity contribution in [2.75, 3.05) is 6.61 Å². The number of aromatic nitrogens is 2. The Morgan fingerprint density at radius 2 is 2.25 bits per heavy atom. The number of hydrogen-bond donors (Lipinski definition) is 0. The lowest BCUT2D eigenvalue weighted by molar-refractivity contribution is 0.0519. The highest BCUT2D eigenvalue weighted by atomic mass is 16.5. The molecule has 1 aromatic heterocycles. The molecule has 0 N–H and O–H groups in total. The Bertz CT molecular complexity index is 419. The lowest BCUT2D eigenvalue weighted by Gasteiger charge is -1.99. The summed E-state index contributed by atoms with van der Waals surface area (Å²) in [7, 11) is 0. The quantitative estimate of drug-likeness (QED) is 0.573. The molecule has 0 unspecified atom stereocenters. The molecule has 0 aromatic carbocycles. The van der Waals surface area contributed by atoms with Gasteiger partial charge in [-0.3, -0.25) is 0 Å². The maximum Gasteiger partial charge on any atom is 0.357 e. The maximum atomic E-state index is 11.4. The van der Waals surface area contributed by atoms with Crippen molar-refractivity contribution in [2.45, 2.75) is 26.7 Å². The molecule has 4 heteroatoms. The Labute approximate surface area is 95.1 Å². The van der Waals surface area contributed by atoms with E-state index < -0.39 is 5.97 Å². The van der Waals surface area contributed by atoms with Crippen LogP contribution in [-0.4, -0.2) is 22.5 Å². The minimum absolute atomic E-state index is 0.248. The van der Waals surface area contributed by atoms with Crippen LogP contribution in [-0.2, 0) is 4.74 Å². The van der Waals surface area contributed by atoms with Crippen LogP contribution in [0, 0.1) is 11.8 Å². The van der Waals surface area contributed by atoms with Crippen molar-refractivity contribution in [3.05, 3.63) is 23.8 Å². The smallest absolute Gasteiger partial charge is 0.357 e. The lowest BCUT2D eigenvalue weighted by Crippen LogP contribution is -2.07. The Morgan fingerprint density at radius 1 is 1.44 bits per heavy atom. The number of nitrogens with zero attached hydrogens (tertiary/aromatic N) is 2. The van der Waals surface area contributed by atoms with Crippen molar-refractivity contribution in [3.8, 4) is 11.8 Å². The zero-order valence-corrected chi connectivity index (χ0v) is 9.49. The molecule has 84 valence electrons. The van der Waals surface area contributed by atoms with Gasteiger partial charge in [-0.1, -0.05) is 12.8 Å². The topological polar surface area (TPSA) is 52.1 Å². The fraction of sp³-hybridized carbons (Fsp3) is 0.417. The summed E-state index contributed by atoms with van der Waals surface area (Å²) in [5.41, 5.74) is 0.796. The van der Waals surface area contributed by atoms with Gasteiger partial charge < -0.3 is 4.74 Å². The van der Waals surface area contributed by atoms with Crippen LogP contribution in [0.4, 0.5) is 0 Å². The highest BCUT2D eigenvalue weighted by Gasteiger charge is 2.08. The van der Waals surface area contributed by atoms with Crippen molar-refractivity contribution in [3.63, 3.8) is 0 Å². The molecule has 0 radical (unpaired) electrons. The van der Waals surface area contributed by atoms with Gasteiger partial charge in [0.05, 0.1) is 6.61 Å². The molecular weight excluding hydrogens is 204 g/mol. The summed E-state index contributed by atoms with van der Waals surface area (Å²) in [5.74, 6) is 5.39. The molecule has 0 spiro atoms. The molecule has 0 amide bonds. The third-order valence-electron chi connectivity index (χ3n) is 1.74. The molecule has 1 heterocycles. The van der Waals surface area contributed by atoms with E-state index >= 15 is 0 Å². The molecule has 0 atom stereocenters. The molecule has 0 fully saturated rings. The van der Waals surface area contributed by atoms with Crippen molar-refractivity contribution in [1.82, 2.24) is 9.97 Å². The van der Waals surface area contributed by atoms with Crippen molar-refractivity contribution in [2.24, 2.45) is 0 Å². The first-order chi connectivity index (χ1) is 7.77. The van der Waals surface area contributed by atoms with Gasteiger partial charge in [-0.15, -0.1) is 0 Å². The SMILES string of the molecule is CCCC#Cc1cc(C(=O)OCC)ncn1. The lowest BCUT2D eigenvalue weighted by atomic mass is 10.3. The van der Waals surface area contributed by atoms with Crippen molar-refractivity contribution in [1.29, 1.82) is 0 Å². The molecular formula is C12H14N2O2. The zero-order chi connectivity index (χ0) is 11.8. The Morgan fingerprint density at radius 3 is 2.94 bits per heavy atom. The van der Waals surface area contributed by atoms with E-state index in [2.05, 4.69) is 28.7 Å². The second kappa shape index (κ2) is 6.57. The molecule has 4 nitrogen and oxygen atoms in total. The number of ether oxygens (including phenoxy) is 1. The molecule has 0 saturated carbocycles. The first-order valence-corrected chi connectivity index (χ1v) is 5.26. The van der Waals surface area contributed by atoms with Gasteiger partial charge in [0.2, 0.25) is 0 Å². The minimum atomic E-state index is -0.441. The van der Waals surface area contributed by atoms with Crippen molar-refractivity contribution < 1.29 is 9.53 Å². The summed E-state index contributed by atoms with van der Waals surface area (Å²) in [6, 6.07) is 1.54. The predicted molar refractivity (Wildman–Crippen MR) is 59.8 cm³/mol. The molecule has 16 heavy (non-hydrogen) atoms. The van der Waals surface area contributed by atoms with E-state index in [1.165, 1.54) is 6.33 Å². The summed E-state index contributed by atoms with van der Waals surface area (Å²) in [6.45, 7) is 4.14. The van der Waals surface area contributed by atoms with E-state index in [9.17, 15) is 4.79 Å². The third kappa shape index (κ3) is 3.70. The molecule has 0 aliphatic rings. The number of esters is 1. The summed E-state index contributed by atoms with van der Waals surface area (Å²) < 4.78 is 4.83. The van der Waals surface area contributed by atoms with Gasteiger partial charge in [-0.2, -0.15) is 0 Å². The highest BCUT2D eigenvalue weighted by molar-refractivity contribution is 5.87. The first kappa shape index (κ1) is 12.2. The molecule has 0 aliphatic heterocycles. The number of carbonyl (C=O) groups excluding carboxylic acids is 1. The van der Waals surface area contributed by atoms with E-state index in [4.69, 9.17) is 4.74 Å². The van der Waals surface area contributed by atoms with Crippen molar-refractivity contribution >= 4 is 5.97 Å². The minimum Gasteiger partial charge on any atom is -0.461 e. The van der Waals surface area contributed by atoms with E-state index in [-0.39, 0.29) is 5.69 Å². The average molecular weight is 218 g/mol. The Kier molecular flexibility index (Phi) is 5.00. The standard InChI is InChI=1S/C12H14N2O2/c1-3-5-6-7-10-8-11(14-9-13-10)12(15)16-4-2/h8-9H,3-5H2,1-2H3. The normalized spacial score (nSPS) is 9.12. The molecule has 0 saturated heterocycles. The van der Waals surface area contributed by atoms with Gasteiger partial charge in [0.15, 0.2) is 5.69 Å². The summed E-state index contributed by atoms with van der Waals surface area (Å²) >= 11 is 0. The third-order valence-corrected chi connectivity index (χ3v) is 1.74. The summed E-state index contributed by atoms with van der Waals surface area (Å²) in [4.78, 5) is 19.2. The fourth-order valence-electron chi connectivity index (χ4n) is 1.02. The maximum absolute atomic E-state index is 11.4. The predicted octanol–water partition coefficient (Wildman–Crippen LogP) is 1.80. The summed E-state index contributed by atoms with van der Waals surface area (Å²) in [6.07, 6.45) is 3.14. The van der Waals surface area contributed by atoms with Crippen LogP contribution in [0.2, 0.25) is 0 Å². The van der Waals surface area contributed by atoms with Gasteiger partial charge in [0.25, 0.3) is 0 Å². The molecule has 1 aromatic rings. The molecule has 0 bridgehead atoms. The number of carbonyl (C=O) groups is 1. The van der Waals surface area contributed by atoms with Gasteiger partial charge in [0, 0.05) is 12.5 Å². The molecule has 0 aliphatic carbocycles. The van der Waals surface area contributed by atoms with E-state index in [0.29, 0.717) is 12.3 Å². The average Bonchev–Trinajstić information content (AvgIpc) is 2.30. The number of unbranched alkanes of at least 4 members (excludes halogenated alkanes) is 1. The van der Waals surface area contributed by atoms with Crippen LogP contribution >= 0.6 is 0 Å². The first-order valence-electron chi connectivity index (χ1n) is 5.26. The van der Waals surface area contributed by atoms with E-state index in [1.807, 2.05) is 0 Å². The fourth-order valence-corrected chi connectivity index (χ4v) is 1.02. The van der Waals surface area contributed by atoms with Gasteiger partial charge in [-0.05, 0) is 19.3 Å². The monoisotopic (exact) mass is 218 g/mol. The van der Waals surface area contributed by atoms with Crippen LogP contribution in [0.1, 0.15) is 42.9 Å². The van der Waals surface area contributed by atoms with Gasteiger partial charge >= 0.3 is 5.97 Å². The van der Waals surface area contributed by atoms with Gasteiger partial charge in [0.1, 0.15) is 12.0 Å². The van der Waals surface area contributed by atoms with Gasteiger partial charge in [-0.25, -0.2) is 14.8 Å². The van der Waals surface area contributed by atoms with E-state index in [0.717, 1.165) is 12.8 Å².